The summed E-state index contributed by atoms with van der Waals surface area (Å²) in [6.07, 6.45) is 0. The van der Waals surface area contributed by atoms with Crippen LogP contribution >= 0.6 is 0 Å². The van der Waals surface area contributed by atoms with Gasteiger partial charge in [-0.2, -0.15) is 0 Å². The zero-order chi connectivity index (χ0) is 10.4. The number of hydrogen-bond acceptors (Lipinski definition) is 4. The first-order valence-corrected chi connectivity index (χ1v) is 4.74. The SMILES string of the molecule is CCOc1cccc(NCCN)c1N. The number of rotatable bonds is 5. The Morgan fingerprint density at radius 2 is 2.21 bits per heavy atom. The van der Waals surface area contributed by atoms with Gasteiger partial charge in [-0.1, -0.05) is 6.07 Å². The molecule has 5 N–H and O–H groups in total. The Morgan fingerprint density at radius 3 is 2.86 bits per heavy atom. The quantitative estimate of drug-likeness (QED) is 0.614. The second-order valence-electron chi connectivity index (χ2n) is 2.87. The minimum Gasteiger partial charge on any atom is -0.492 e. The van der Waals surface area contributed by atoms with Crippen LogP contribution in [0.4, 0.5) is 11.4 Å². The molecule has 4 nitrogen and oxygen atoms in total. The van der Waals surface area contributed by atoms with Crippen molar-refractivity contribution in [2.24, 2.45) is 5.73 Å². The Hall–Kier alpha value is -1.42. The molecule has 0 spiro atoms. The van der Waals surface area contributed by atoms with E-state index in [0.717, 1.165) is 11.4 Å². The molecule has 0 fully saturated rings. The van der Waals surface area contributed by atoms with Crippen molar-refractivity contribution in [3.8, 4) is 5.75 Å². The number of para-hydroxylation sites is 1. The van der Waals surface area contributed by atoms with Crippen LogP contribution in [0.3, 0.4) is 0 Å². The number of nitrogen functional groups attached to an aromatic ring is 1. The molecule has 0 saturated carbocycles. The normalized spacial score (nSPS) is 9.86. The van der Waals surface area contributed by atoms with Crippen molar-refractivity contribution < 1.29 is 4.74 Å². The highest BCUT2D eigenvalue weighted by Crippen LogP contribution is 2.28. The lowest BCUT2D eigenvalue weighted by atomic mass is 10.2. The Morgan fingerprint density at radius 1 is 1.43 bits per heavy atom. The van der Waals surface area contributed by atoms with E-state index < -0.39 is 0 Å². The maximum absolute atomic E-state index is 5.88. The van der Waals surface area contributed by atoms with Crippen LogP contribution in [-0.4, -0.2) is 19.7 Å². The van der Waals surface area contributed by atoms with Crippen LogP contribution in [-0.2, 0) is 0 Å². The van der Waals surface area contributed by atoms with Crippen molar-refractivity contribution in [3.05, 3.63) is 18.2 Å². The molecule has 0 heterocycles. The molecule has 1 aromatic carbocycles. The second-order valence-corrected chi connectivity index (χ2v) is 2.87. The molecule has 1 aromatic rings. The molecule has 14 heavy (non-hydrogen) atoms. The number of anilines is 2. The zero-order valence-electron chi connectivity index (χ0n) is 8.42. The third-order valence-corrected chi connectivity index (χ3v) is 1.83. The van der Waals surface area contributed by atoms with Crippen LogP contribution in [0.5, 0.6) is 5.75 Å². The molecule has 0 aliphatic rings. The fraction of sp³-hybridized carbons (Fsp3) is 0.400. The number of hydrogen-bond donors (Lipinski definition) is 3. The molecular formula is C10H17N3O. The van der Waals surface area contributed by atoms with Crippen LogP contribution in [0.15, 0.2) is 18.2 Å². The first-order valence-electron chi connectivity index (χ1n) is 4.74. The molecule has 0 aliphatic carbocycles. The van der Waals surface area contributed by atoms with Crippen LogP contribution in [0.25, 0.3) is 0 Å². The van der Waals surface area contributed by atoms with Crippen molar-refractivity contribution in [1.29, 1.82) is 0 Å². The van der Waals surface area contributed by atoms with Gasteiger partial charge < -0.3 is 21.5 Å². The van der Waals surface area contributed by atoms with Gasteiger partial charge in [0.25, 0.3) is 0 Å². The summed E-state index contributed by atoms with van der Waals surface area (Å²) in [5, 5.41) is 3.13. The van der Waals surface area contributed by atoms with Gasteiger partial charge in [-0.3, -0.25) is 0 Å². The molecular weight excluding hydrogens is 178 g/mol. The summed E-state index contributed by atoms with van der Waals surface area (Å²) in [4.78, 5) is 0. The van der Waals surface area contributed by atoms with Crippen LogP contribution in [0.1, 0.15) is 6.92 Å². The minimum absolute atomic E-state index is 0.582. The lowest BCUT2D eigenvalue weighted by Gasteiger charge is -2.12. The first kappa shape index (κ1) is 10.7. The van der Waals surface area contributed by atoms with Crippen molar-refractivity contribution >= 4 is 11.4 Å². The van der Waals surface area contributed by atoms with Crippen molar-refractivity contribution in [2.45, 2.75) is 6.92 Å². The molecule has 78 valence electrons. The topological polar surface area (TPSA) is 73.3 Å². The largest absolute Gasteiger partial charge is 0.492 e. The molecule has 0 unspecified atom stereocenters. The predicted octanol–water partition coefficient (Wildman–Crippen LogP) is 1.04. The lowest BCUT2D eigenvalue weighted by molar-refractivity contribution is 0.342. The van der Waals surface area contributed by atoms with E-state index in [2.05, 4.69) is 5.32 Å². The van der Waals surface area contributed by atoms with E-state index in [4.69, 9.17) is 16.2 Å². The summed E-state index contributed by atoms with van der Waals surface area (Å²) < 4.78 is 5.36. The van der Waals surface area contributed by atoms with E-state index in [0.29, 0.717) is 25.4 Å². The van der Waals surface area contributed by atoms with Gasteiger partial charge >= 0.3 is 0 Å². The van der Waals surface area contributed by atoms with E-state index in [1.165, 1.54) is 0 Å². The molecule has 0 atom stereocenters. The van der Waals surface area contributed by atoms with E-state index in [9.17, 15) is 0 Å². The summed E-state index contributed by atoms with van der Waals surface area (Å²) >= 11 is 0. The van der Waals surface area contributed by atoms with E-state index in [1.807, 2.05) is 25.1 Å². The fourth-order valence-electron chi connectivity index (χ4n) is 1.19. The fourth-order valence-corrected chi connectivity index (χ4v) is 1.19. The molecule has 0 aromatic heterocycles. The summed E-state index contributed by atoms with van der Waals surface area (Å²) in [5.74, 6) is 0.717. The molecule has 4 heteroatoms. The average Bonchev–Trinajstić information content (AvgIpc) is 2.20. The van der Waals surface area contributed by atoms with E-state index >= 15 is 0 Å². The highest BCUT2D eigenvalue weighted by molar-refractivity contribution is 5.72. The maximum Gasteiger partial charge on any atom is 0.144 e. The molecule has 0 radical (unpaired) electrons. The second kappa shape index (κ2) is 5.34. The van der Waals surface area contributed by atoms with Crippen LogP contribution < -0.4 is 21.5 Å². The van der Waals surface area contributed by atoms with Crippen molar-refractivity contribution in [3.63, 3.8) is 0 Å². The average molecular weight is 195 g/mol. The summed E-state index contributed by atoms with van der Waals surface area (Å²) in [6.45, 7) is 3.84. The number of ether oxygens (including phenoxy) is 1. The standard InChI is InChI=1S/C10H17N3O/c1-2-14-9-5-3-4-8(10(9)12)13-7-6-11/h3-5,13H,2,6-7,11-12H2,1H3. The number of nitrogens with two attached hydrogens (primary N) is 2. The highest BCUT2D eigenvalue weighted by Gasteiger charge is 2.03. The van der Waals surface area contributed by atoms with Gasteiger partial charge in [0.2, 0.25) is 0 Å². The monoisotopic (exact) mass is 195 g/mol. The van der Waals surface area contributed by atoms with Gasteiger partial charge in [-0.15, -0.1) is 0 Å². The third-order valence-electron chi connectivity index (χ3n) is 1.83. The Bertz CT molecular complexity index is 289. The van der Waals surface area contributed by atoms with Crippen LogP contribution in [0, 0.1) is 0 Å². The summed E-state index contributed by atoms with van der Waals surface area (Å²) in [5.41, 5.74) is 12.8. The summed E-state index contributed by atoms with van der Waals surface area (Å²) in [6, 6.07) is 5.67. The molecule has 0 amide bonds. The van der Waals surface area contributed by atoms with Gasteiger partial charge in [-0.05, 0) is 19.1 Å². The molecule has 0 saturated heterocycles. The Balaban J connectivity index is 2.78. The highest BCUT2D eigenvalue weighted by atomic mass is 16.5. The zero-order valence-corrected chi connectivity index (χ0v) is 8.42. The van der Waals surface area contributed by atoms with Gasteiger partial charge in [0.15, 0.2) is 0 Å². The third kappa shape index (κ3) is 2.53. The first-order chi connectivity index (χ1) is 6.79. The number of benzene rings is 1. The molecule has 1 rings (SSSR count). The van der Waals surface area contributed by atoms with Gasteiger partial charge in [0.05, 0.1) is 18.0 Å². The smallest absolute Gasteiger partial charge is 0.144 e. The number of nitrogens with one attached hydrogen (secondary N) is 1. The summed E-state index contributed by atoms with van der Waals surface area (Å²) in [7, 11) is 0. The van der Waals surface area contributed by atoms with Crippen LogP contribution in [0.2, 0.25) is 0 Å². The molecule has 0 bridgehead atoms. The van der Waals surface area contributed by atoms with Crippen molar-refractivity contribution in [2.75, 3.05) is 30.7 Å². The van der Waals surface area contributed by atoms with E-state index in [1.54, 1.807) is 0 Å². The predicted molar refractivity (Wildman–Crippen MR) is 59.6 cm³/mol. The van der Waals surface area contributed by atoms with E-state index in [-0.39, 0.29) is 0 Å². The van der Waals surface area contributed by atoms with Gasteiger partial charge in [0.1, 0.15) is 5.75 Å². The molecule has 0 aliphatic heterocycles. The van der Waals surface area contributed by atoms with Crippen molar-refractivity contribution in [1.82, 2.24) is 0 Å². The Labute approximate surface area is 84.2 Å². The maximum atomic E-state index is 5.88. The minimum atomic E-state index is 0.582. The lowest BCUT2D eigenvalue weighted by Crippen LogP contribution is -2.14. The Kier molecular flexibility index (Phi) is 4.07. The van der Waals surface area contributed by atoms with Gasteiger partial charge in [-0.25, -0.2) is 0 Å². The van der Waals surface area contributed by atoms with Gasteiger partial charge in [0, 0.05) is 13.1 Å².